The molecule has 2 fully saturated rings. The van der Waals surface area contributed by atoms with Crippen LogP contribution in [0.2, 0.25) is 0 Å². The van der Waals surface area contributed by atoms with Crippen LogP contribution >= 0.6 is 11.8 Å². The van der Waals surface area contributed by atoms with Crippen LogP contribution in [0, 0.1) is 5.41 Å². The maximum Gasteiger partial charge on any atom is 0.229 e. The van der Waals surface area contributed by atoms with Gasteiger partial charge in [-0.3, -0.25) is 4.79 Å². The molecule has 3 heterocycles. The lowest BCUT2D eigenvalue weighted by atomic mass is 9.77. The number of hydrogen-bond donors (Lipinski definition) is 0. The van der Waals surface area contributed by atoms with Gasteiger partial charge in [0.05, 0.1) is 24.6 Å². The zero-order valence-electron chi connectivity index (χ0n) is 16.9. The lowest BCUT2D eigenvalue weighted by Crippen LogP contribution is -2.38. The molecular formula is C20H27N5O3S. The Morgan fingerprint density at radius 1 is 1.28 bits per heavy atom. The predicted octanol–water partition coefficient (Wildman–Crippen LogP) is 2.31. The summed E-state index contributed by atoms with van der Waals surface area (Å²) in [4.78, 5) is 16.8. The first-order valence-corrected chi connectivity index (χ1v) is 11.2. The molecule has 9 heteroatoms. The van der Waals surface area contributed by atoms with Crippen molar-refractivity contribution in [2.75, 3.05) is 33.2 Å². The molecule has 1 amide bonds. The van der Waals surface area contributed by atoms with Crippen LogP contribution in [0.1, 0.15) is 36.7 Å². The van der Waals surface area contributed by atoms with E-state index in [0.29, 0.717) is 32.9 Å². The highest BCUT2D eigenvalue weighted by Gasteiger charge is 2.53. The van der Waals surface area contributed by atoms with Gasteiger partial charge in [-0.1, -0.05) is 12.1 Å². The van der Waals surface area contributed by atoms with Crippen LogP contribution in [0.5, 0.6) is 0 Å². The molecule has 4 rings (SSSR count). The van der Waals surface area contributed by atoms with Crippen LogP contribution in [0.15, 0.2) is 29.2 Å². The minimum atomic E-state index is -0.375. The maximum atomic E-state index is 13.6. The molecule has 1 aromatic carbocycles. The van der Waals surface area contributed by atoms with Gasteiger partial charge in [-0.15, -0.1) is 16.9 Å². The molecule has 0 radical (unpaired) electrons. The van der Waals surface area contributed by atoms with Gasteiger partial charge in [0, 0.05) is 31.8 Å². The summed E-state index contributed by atoms with van der Waals surface area (Å²) < 4.78 is 12.5. The summed E-state index contributed by atoms with van der Waals surface area (Å²) in [6, 6.07) is 8.25. The molecule has 1 atom stereocenters. The third kappa shape index (κ3) is 4.04. The minimum Gasteiger partial charge on any atom is -0.383 e. The van der Waals surface area contributed by atoms with Crippen molar-refractivity contribution < 1.29 is 14.3 Å². The number of likely N-dealkylation sites (tertiary alicyclic amines) is 1. The SMILES string of the molecule is COCCn1nnnc1C1CC2(CCOCC2)C(=O)N1Cc1ccc(SC)cc1. The Labute approximate surface area is 174 Å². The Morgan fingerprint density at radius 2 is 2.03 bits per heavy atom. The van der Waals surface area contributed by atoms with Crippen molar-refractivity contribution in [2.24, 2.45) is 5.41 Å². The monoisotopic (exact) mass is 417 g/mol. The molecule has 2 aromatic rings. The lowest BCUT2D eigenvalue weighted by Gasteiger charge is -2.31. The van der Waals surface area contributed by atoms with Crippen molar-refractivity contribution in [3.63, 3.8) is 0 Å². The van der Waals surface area contributed by atoms with Gasteiger partial charge >= 0.3 is 0 Å². The largest absolute Gasteiger partial charge is 0.383 e. The Balaban J connectivity index is 1.64. The van der Waals surface area contributed by atoms with E-state index in [-0.39, 0.29) is 17.4 Å². The van der Waals surface area contributed by atoms with Crippen molar-refractivity contribution >= 4 is 17.7 Å². The van der Waals surface area contributed by atoms with Crippen LogP contribution in [-0.4, -0.2) is 64.2 Å². The summed E-state index contributed by atoms with van der Waals surface area (Å²) in [6.45, 7) is 2.90. The molecule has 2 aliphatic heterocycles. The number of methoxy groups -OCH3 is 1. The second-order valence-electron chi connectivity index (χ2n) is 7.65. The predicted molar refractivity (Wildman–Crippen MR) is 108 cm³/mol. The van der Waals surface area contributed by atoms with Crippen LogP contribution < -0.4 is 0 Å². The number of ether oxygens (including phenoxy) is 2. The molecule has 1 spiro atoms. The second kappa shape index (κ2) is 8.81. The first kappa shape index (κ1) is 20.3. The number of nitrogens with zero attached hydrogens (tertiary/aromatic N) is 5. The van der Waals surface area contributed by atoms with Crippen LogP contribution in [0.3, 0.4) is 0 Å². The Hall–Kier alpha value is -1.97. The van der Waals surface area contributed by atoms with E-state index in [9.17, 15) is 4.79 Å². The molecule has 0 N–H and O–H groups in total. The smallest absolute Gasteiger partial charge is 0.229 e. The summed E-state index contributed by atoms with van der Waals surface area (Å²) >= 11 is 1.71. The first-order valence-electron chi connectivity index (χ1n) is 9.93. The highest BCUT2D eigenvalue weighted by molar-refractivity contribution is 7.98. The van der Waals surface area contributed by atoms with Gasteiger partial charge < -0.3 is 14.4 Å². The third-order valence-corrected chi connectivity index (χ3v) is 6.75. The van der Waals surface area contributed by atoms with Crippen molar-refractivity contribution in [1.29, 1.82) is 0 Å². The second-order valence-corrected chi connectivity index (χ2v) is 8.53. The van der Waals surface area contributed by atoms with Gasteiger partial charge in [-0.2, -0.15) is 0 Å². The zero-order chi connectivity index (χ0) is 20.3. The fraction of sp³-hybridized carbons (Fsp3) is 0.600. The number of benzene rings is 1. The van der Waals surface area contributed by atoms with E-state index < -0.39 is 0 Å². The molecule has 8 nitrogen and oxygen atoms in total. The number of carbonyl (C=O) groups is 1. The molecule has 2 aliphatic rings. The molecule has 29 heavy (non-hydrogen) atoms. The summed E-state index contributed by atoms with van der Waals surface area (Å²) in [5, 5.41) is 12.3. The number of tetrazole rings is 1. The average Bonchev–Trinajstić information content (AvgIpc) is 3.32. The van der Waals surface area contributed by atoms with E-state index in [0.717, 1.165) is 30.7 Å². The summed E-state index contributed by atoms with van der Waals surface area (Å²) in [6.07, 6.45) is 4.29. The number of amides is 1. The van der Waals surface area contributed by atoms with Gasteiger partial charge in [0.15, 0.2) is 5.82 Å². The average molecular weight is 418 g/mol. The van der Waals surface area contributed by atoms with Gasteiger partial charge in [0.1, 0.15) is 0 Å². The van der Waals surface area contributed by atoms with Crippen LogP contribution in [0.4, 0.5) is 0 Å². The Bertz CT molecular complexity index is 835. The molecule has 1 aromatic heterocycles. The Kier molecular flexibility index (Phi) is 6.17. The summed E-state index contributed by atoms with van der Waals surface area (Å²) in [7, 11) is 1.66. The molecule has 0 bridgehead atoms. The van der Waals surface area contributed by atoms with E-state index in [1.165, 1.54) is 4.90 Å². The molecule has 1 unspecified atom stereocenters. The van der Waals surface area contributed by atoms with Crippen LogP contribution in [-0.2, 0) is 27.4 Å². The highest BCUT2D eigenvalue weighted by atomic mass is 32.2. The summed E-state index contributed by atoms with van der Waals surface area (Å²) in [5.41, 5.74) is 0.737. The number of aromatic nitrogens is 4. The van der Waals surface area contributed by atoms with Gasteiger partial charge in [-0.05, 0) is 53.6 Å². The van der Waals surface area contributed by atoms with Crippen molar-refractivity contribution in [1.82, 2.24) is 25.1 Å². The molecule has 0 saturated carbocycles. The topological polar surface area (TPSA) is 82.4 Å². The van der Waals surface area contributed by atoms with Gasteiger partial charge in [0.25, 0.3) is 0 Å². The van der Waals surface area contributed by atoms with Crippen LogP contribution in [0.25, 0.3) is 0 Å². The normalized spacial score (nSPS) is 21.2. The Morgan fingerprint density at radius 3 is 2.72 bits per heavy atom. The number of carbonyl (C=O) groups excluding carboxylic acids is 1. The fourth-order valence-electron chi connectivity index (χ4n) is 4.32. The zero-order valence-corrected chi connectivity index (χ0v) is 17.7. The molecule has 156 valence electrons. The summed E-state index contributed by atoms with van der Waals surface area (Å²) in [5.74, 6) is 0.931. The number of thioether (sulfide) groups is 1. The van der Waals surface area contributed by atoms with Crippen molar-refractivity contribution in [3.05, 3.63) is 35.7 Å². The number of rotatable bonds is 7. The molecular weight excluding hydrogens is 390 g/mol. The number of hydrogen-bond acceptors (Lipinski definition) is 7. The lowest BCUT2D eigenvalue weighted by molar-refractivity contribution is -0.141. The third-order valence-electron chi connectivity index (χ3n) is 6.00. The van der Waals surface area contributed by atoms with E-state index in [1.54, 1.807) is 23.6 Å². The quantitative estimate of drug-likeness (QED) is 0.639. The maximum absolute atomic E-state index is 13.6. The van der Waals surface area contributed by atoms with Gasteiger partial charge in [-0.25, -0.2) is 4.68 Å². The van der Waals surface area contributed by atoms with E-state index in [1.807, 2.05) is 4.90 Å². The minimum absolute atomic E-state index is 0.146. The molecule has 2 saturated heterocycles. The van der Waals surface area contributed by atoms with E-state index >= 15 is 0 Å². The van der Waals surface area contributed by atoms with Crippen molar-refractivity contribution in [2.45, 2.75) is 43.3 Å². The first-order chi connectivity index (χ1) is 14.2. The van der Waals surface area contributed by atoms with Crippen molar-refractivity contribution in [3.8, 4) is 0 Å². The van der Waals surface area contributed by atoms with E-state index in [2.05, 4.69) is 46.0 Å². The van der Waals surface area contributed by atoms with Gasteiger partial charge in [0.2, 0.25) is 5.91 Å². The highest BCUT2D eigenvalue weighted by Crippen LogP contribution is 2.49. The molecule has 0 aliphatic carbocycles. The van der Waals surface area contributed by atoms with E-state index in [4.69, 9.17) is 9.47 Å². The standard InChI is InChI=1S/C20H27N5O3S/c1-27-12-9-25-18(21-22-23-25)17-13-20(7-10-28-11-8-20)19(26)24(17)14-15-3-5-16(29-2)6-4-15/h3-6,17H,7-14H2,1-2H3. The fourth-order valence-corrected chi connectivity index (χ4v) is 4.73.